The molecule has 0 unspecified atom stereocenters. The van der Waals surface area contributed by atoms with Crippen LogP contribution >= 0.6 is 0 Å². The Morgan fingerprint density at radius 3 is 2.38 bits per heavy atom. The maximum Gasteiger partial charge on any atom is 0.0783 e. The molecule has 4 fully saturated rings. The summed E-state index contributed by atoms with van der Waals surface area (Å²) in [6.07, 6.45) is 8.50. The molecule has 4 bridgehead atoms. The zero-order valence-electron chi connectivity index (χ0n) is 12.6. The monoisotopic (exact) mass is 290 g/mol. The van der Waals surface area contributed by atoms with Crippen molar-refractivity contribution in [1.82, 2.24) is 0 Å². The Labute approximate surface area is 126 Å². The summed E-state index contributed by atoms with van der Waals surface area (Å²) in [5.74, 6) is 1.98. The van der Waals surface area contributed by atoms with Gasteiger partial charge in [-0.1, -0.05) is 12.8 Å². The highest BCUT2D eigenvalue weighted by Gasteiger charge is 2.78. The van der Waals surface area contributed by atoms with Crippen molar-refractivity contribution in [2.45, 2.75) is 50.5 Å². The van der Waals surface area contributed by atoms with Crippen molar-refractivity contribution in [3.05, 3.63) is 11.1 Å². The maximum atomic E-state index is 11.7. The first-order chi connectivity index (χ1) is 10.2. The van der Waals surface area contributed by atoms with E-state index < -0.39 is 5.60 Å². The van der Waals surface area contributed by atoms with Crippen molar-refractivity contribution in [3.8, 4) is 0 Å². The smallest absolute Gasteiger partial charge is 0.0783 e. The molecule has 3 nitrogen and oxygen atoms in total. The lowest BCUT2D eigenvalue weighted by Gasteiger charge is -2.44. The summed E-state index contributed by atoms with van der Waals surface area (Å²) in [5, 5.41) is 31.6. The topological polar surface area (TPSA) is 60.7 Å². The van der Waals surface area contributed by atoms with Crippen molar-refractivity contribution < 1.29 is 15.3 Å². The first-order valence-corrected chi connectivity index (χ1v) is 8.84. The van der Waals surface area contributed by atoms with Crippen LogP contribution in [0.5, 0.6) is 0 Å². The van der Waals surface area contributed by atoms with E-state index in [9.17, 15) is 15.3 Å². The first-order valence-electron chi connectivity index (χ1n) is 8.84. The molecular weight excluding hydrogens is 264 g/mol. The van der Waals surface area contributed by atoms with Crippen LogP contribution in [0.25, 0.3) is 0 Å². The van der Waals surface area contributed by atoms with Crippen LogP contribution in [0.15, 0.2) is 11.1 Å². The Hall–Kier alpha value is -0.380. The highest BCUT2D eigenvalue weighted by molar-refractivity contribution is 5.45. The predicted molar refractivity (Wildman–Crippen MR) is 78.3 cm³/mol. The standard InChI is InChI=1S/C18H26O3/c19-8-12-13(9-20)16-17(5-1-2-6-17)15(12)14-10-3-4-11(7-10)18(14,16)21/h10-11,14-16,19-21H,1-9H2/t10-,11-,14-,15+,16-,18-/m0/s1. The molecule has 0 aromatic heterocycles. The van der Waals surface area contributed by atoms with Crippen molar-refractivity contribution >= 4 is 0 Å². The third-order valence-electron chi connectivity index (χ3n) is 8.20. The maximum absolute atomic E-state index is 11.7. The van der Waals surface area contributed by atoms with Crippen LogP contribution in [0.3, 0.4) is 0 Å². The molecule has 4 saturated carbocycles. The van der Waals surface area contributed by atoms with E-state index in [-0.39, 0.29) is 24.5 Å². The van der Waals surface area contributed by atoms with Crippen LogP contribution in [-0.4, -0.2) is 34.1 Å². The summed E-state index contributed by atoms with van der Waals surface area (Å²) in [6, 6.07) is 0. The average molecular weight is 290 g/mol. The second-order valence-electron chi connectivity index (χ2n) is 8.40. The lowest BCUT2D eigenvalue weighted by atomic mass is 9.65. The molecule has 0 aromatic carbocycles. The predicted octanol–water partition coefficient (Wildman–Crippen LogP) is 1.86. The number of aliphatic hydroxyl groups excluding tert-OH is 2. The largest absolute Gasteiger partial charge is 0.392 e. The molecule has 0 radical (unpaired) electrons. The van der Waals surface area contributed by atoms with Gasteiger partial charge in [0.1, 0.15) is 0 Å². The van der Waals surface area contributed by atoms with Gasteiger partial charge in [0.15, 0.2) is 0 Å². The highest BCUT2D eigenvalue weighted by atomic mass is 16.3. The van der Waals surface area contributed by atoms with Gasteiger partial charge < -0.3 is 15.3 Å². The quantitative estimate of drug-likeness (QED) is 0.680. The molecule has 5 aliphatic carbocycles. The Bertz CT molecular complexity index is 519. The van der Waals surface area contributed by atoms with E-state index in [2.05, 4.69) is 0 Å². The normalized spacial score (nSPS) is 52.4. The minimum atomic E-state index is -0.561. The molecular formula is C18H26O3. The summed E-state index contributed by atoms with van der Waals surface area (Å²) in [5.41, 5.74) is 1.76. The Balaban J connectivity index is 1.73. The van der Waals surface area contributed by atoms with Crippen LogP contribution in [-0.2, 0) is 0 Å². The molecule has 0 aliphatic heterocycles. The fourth-order valence-electron chi connectivity index (χ4n) is 7.98. The molecule has 5 rings (SSSR count). The first kappa shape index (κ1) is 13.1. The molecule has 3 heteroatoms. The lowest BCUT2D eigenvalue weighted by Crippen LogP contribution is -2.50. The van der Waals surface area contributed by atoms with Crippen LogP contribution in [0, 0.1) is 35.0 Å². The van der Waals surface area contributed by atoms with Gasteiger partial charge in [0.05, 0.1) is 18.8 Å². The van der Waals surface area contributed by atoms with Gasteiger partial charge >= 0.3 is 0 Å². The highest BCUT2D eigenvalue weighted by Crippen LogP contribution is 2.79. The Morgan fingerprint density at radius 2 is 1.71 bits per heavy atom. The molecule has 3 N–H and O–H groups in total. The summed E-state index contributed by atoms with van der Waals surface area (Å²) in [6.45, 7) is 0.119. The van der Waals surface area contributed by atoms with Gasteiger partial charge in [-0.3, -0.25) is 0 Å². The van der Waals surface area contributed by atoms with E-state index in [0.29, 0.717) is 23.7 Å². The van der Waals surface area contributed by atoms with E-state index in [1.54, 1.807) is 0 Å². The van der Waals surface area contributed by atoms with Crippen molar-refractivity contribution in [2.75, 3.05) is 13.2 Å². The molecule has 0 amide bonds. The van der Waals surface area contributed by atoms with Gasteiger partial charge in [0, 0.05) is 5.92 Å². The van der Waals surface area contributed by atoms with Gasteiger partial charge in [0.2, 0.25) is 0 Å². The number of rotatable bonds is 2. The van der Waals surface area contributed by atoms with Crippen LogP contribution in [0.4, 0.5) is 0 Å². The van der Waals surface area contributed by atoms with Gasteiger partial charge in [-0.25, -0.2) is 0 Å². The molecule has 1 spiro atoms. The molecule has 116 valence electrons. The fourth-order valence-corrected chi connectivity index (χ4v) is 7.98. The van der Waals surface area contributed by atoms with Crippen LogP contribution in [0.2, 0.25) is 0 Å². The number of hydrogen-bond acceptors (Lipinski definition) is 3. The second kappa shape index (κ2) is 3.93. The van der Waals surface area contributed by atoms with Gasteiger partial charge in [-0.2, -0.15) is 0 Å². The molecule has 5 aliphatic rings. The molecule has 21 heavy (non-hydrogen) atoms. The van der Waals surface area contributed by atoms with E-state index in [1.165, 1.54) is 44.9 Å². The number of aliphatic hydroxyl groups is 3. The third-order valence-corrected chi connectivity index (χ3v) is 8.20. The lowest BCUT2D eigenvalue weighted by molar-refractivity contribution is -0.0841. The van der Waals surface area contributed by atoms with E-state index in [0.717, 1.165) is 11.1 Å². The number of hydrogen-bond donors (Lipinski definition) is 3. The minimum Gasteiger partial charge on any atom is -0.392 e. The summed E-state index contributed by atoms with van der Waals surface area (Å²) >= 11 is 0. The summed E-state index contributed by atoms with van der Waals surface area (Å²) < 4.78 is 0. The molecule has 0 heterocycles. The van der Waals surface area contributed by atoms with Gasteiger partial charge in [0.25, 0.3) is 0 Å². The Kier molecular flexibility index (Phi) is 2.45. The van der Waals surface area contributed by atoms with Gasteiger partial charge in [-0.05, 0) is 72.3 Å². The SMILES string of the molecule is OCC1=C(CO)[C@H]2C3(CCCC3)[C@H]1[C@@H]1[C@H]3CC[C@@H](C3)[C@]12O. The summed E-state index contributed by atoms with van der Waals surface area (Å²) in [4.78, 5) is 0. The Morgan fingerprint density at radius 1 is 1.00 bits per heavy atom. The third kappa shape index (κ3) is 1.19. The fraction of sp³-hybridized carbons (Fsp3) is 0.889. The van der Waals surface area contributed by atoms with Crippen LogP contribution < -0.4 is 0 Å². The van der Waals surface area contributed by atoms with Crippen molar-refractivity contribution in [1.29, 1.82) is 0 Å². The molecule has 0 aromatic rings. The second-order valence-corrected chi connectivity index (χ2v) is 8.40. The van der Waals surface area contributed by atoms with E-state index in [1.807, 2.05) is 0 Å². The van der Waals surface area contributed by atoms with Crippen molar-refractivity contribution in [2.24, 2.45) is 35.0 Å². The van der Waals surface area contributed by atoms with Gasteiger partial charge in [-0.15, -0.1) is 0 Å². The van der Waals surface area contributed by atoms with Crippen molar-refractivity contribution in [3.63, 3.8) is 0 Å². The van der Waals surface area contributed by atoms with E-state index >= 15 is 0 Å². The minimum absolute atomic E-state index is 0.0330. The van der Waals surface area contributed by atoms with E-state index in [4.69, 9.17) is 0 Å². The zero-order valence-corrected chi connectivity index (χ0v) is 12.6. The number of fused-ring (bicyclic) bond motifs is 7. The zero-order chi connectivity index (χ0) is 14.4. The molecule has 6 atom stereocenters. The average Bonchev–Trinajstić information content (AvgIpc) is 3.25. The van der Waals surface area contributed by atoms with Crippen LogP contribution in [0.1, 0.15) is 44.9 Å². The molecule has 0 saturated heterocycles. The summed E-state index contributed by atoms with van der Waals surface area (Å²) in [7, 11) is 0.